The fourth-order valence-corrected chi connectivity index (χ4v) is 5.58. The van der Waals surface area contributed by atoms with Gasteiger partial charge in [0.25, 0.3) is 0 Å². The maximum Gasteiger partial charge on any atom is 0.247 e. The summed E-state index contributed by atoms with van der Waals surface area (Å²) < 4.78 is 34.6. The van der Waals surface area contributed by atoms with E-state index in [-0.39, 0.29) is 35.8 Å². The minimum absolute atomic E-state index is 0.0867. The average molecular weight is 444 g/mol. The van der Waals surface area contributed by atoms with Crippen LogP contribution in [0.25, 0.3) is 11.1 Å². The van der Waals surface area contributed by atoms with Gasteiger partial charge >= 0.3 is 0 Å². The third kappa shape index (κ3) is 4.91. The summed E-state index contributed by atoms with van der Waals surface area (Å²) in [4.78, 5) is 2.10. The lowest BCUT2D eigenvalue weighted by atomic mass is 10.0. The van der Waals surface area contributed by atoms with E-state index < -0.39 is 16.1 Å². The Morgan fingerprint density at radius 2 is 1.97 bits per heavy atom. The van der Waals surface area contributed by atoms with Crippen molar-refractivity contribution in [1.82, 2.24) is 9.21 Å². The summed E-state index contributed by atoms with van der Waals surface area (Å²) >= 11 is 0. The summed E-state index contributed by atoms with van der Waals surface area (Å²) in [5, 5.41) is 18.9. The molecule has 0 saturated carbocycles. The number of rotatable bonds is 5. The third-order valence-electron chi connectivity index (χ3n) is 5.54. The van der Waals surface area contributed by atoms with E-state index in [2.05, 4.69) is 6.07 Å². The number of nitrogens with zero attached hydrogens (tertiary/aromatic N) is 3. The minimum Gasteiger partial charge on any atom is -0.487 e. The van der Waals surface area contributed by atoms with Crippen molar-refractivity contribution in [1.29, 1.82) is 5.26 Å². The molecule has 7 nitrogen and oxygen atoms in total. The van der Waals surface area contributed by atoms with Gasteiger partial charge in [-0.3, -0.25) is 0 Å². The third-order valence-corrected chi connectivity index (χ3v) is 7.56. The van der Waals surface area contributed by atoms with Crippen molar-refractivity contribution >= 4 is 10.0 Å². The van der Waals surface area contributed by atoms with Crippen molar-refractivity contribution in [3.05, 3.63) is 48.0 Å². The lowest BCUT2D eigenvalue weighted by Gasteiger charge is -2.37. The molecule has 2 aromatic carbocycles. The van der Waals surface area contributed by atoms with E-state index in [1.165, 1.54) is 4.31 Å². The van der Waals surface area contributed by atoms with Crippen LogP contribution in [0.3, 0.4) is 0 Å². The van der Waals surface area contributed by atoms with Crippen LogP contribution in [-0.4, -0.2) is 68.7 Å². The lowest BCUT2D eigenvalue weighted by Crippen LogP contribution is -2.49. The predicted octanol–water partition coefficient (Wildman–Crippen LogP) is 2.56. The number of aliphatic hydroxyl groups excluding tert-OH is 1. The summed E-state index contributed by atoms with van der Waals surface area (Å²) in [6, 6.07) is 13.7. The number of fused-ring (bicyclic) bond motifs is 1. The molecule has 8 heteroatoms. The first-order valence-corrected chi connectivity index (χ1v) is 11.7. The highest BCUT2D eigenvalue weighted by Gasteiger charge is 2.37. The van der Waals surface area contributed by atoms with Gasteiger partial charge in [0.2, 0.25) is 10.0 Å². The van der Waals surface area contributed by atoms with E-state index in [1.54, 1.807) is 43.3 Å². The maximum atomic E-state index is 13.5. The van der Waals surface area contributed by atoms with Crippen LogP contribution in [0.4, 0.5) is 0 Å². The Balaban J connectivity index is 2.16. The van der Waals surface area contributed by atoms with Gasteiger partial charge in [-0.2, -0.15) is 9.57 Å². The highest BCUT2D eigenvalue weighted by Crippen LogP contribution is 2.36. The van der Waals surface area contributed by atoms with E-state index in [0.717, 1.165) is 11.1 Å². The lowest BCUT2D eigenvalue weighted by molar-refractivity contribution is 0.0813. The largest absolute Gasteiger partial charge is 0.487 e. The summed E-state index contributed by atoms with van der Waals surface area (Å²) in [6.45, 7) is 4.28. The standard InChI is InChI=1S/C23H29N3O4S/c1-16-13-26(17(2)15-27)31(28,29)23-9-8-20(19-7-5-6-18(10-19)12-24)11-21(23)30-22(16)14-25(3)4/h5-11,16-17,22,27H,13-15H2,1-4H3/t16-,17-,22-/m0/s1. The second-order valence-corrected chi connectivity index (χ2v) is 10.2. The van der Waals surface area contributed by atoms with E-state index in [9.17, 15) is 18.8 Å². The molecule has 3 rings (SSSR count). The molecule has 3 atom stereocenters. The van der Waals surface area contributed by atoms with Crippen LogP contribution >= 0.6 is 0 Å². The second kappa shape index (κ2) is 9.37. The molecule has 31 heavy (non-hydrogen) atoms. The Morgan fingerprint density at radius 3 is 2.61 bits per heavy atom. The Kier molecular flexibility index (Phi) is 7.02. The molecule has 0 radical (unpaired) electrons. The molecule has 0 aliphatic carbocycles. The highest BCUT2D eigenvalue weighted by atomic mass is 32.2. The Labute approximate surface area is 184 Å². The smallest absolute Gasteiger partial charge is 0.247 e. The first-order valence-electron chi connectivity index (χ1n) is 10.3. The minimum atomic E-state index is -3.87. The molecule has 0 aromatic heterocycles. The maximum absolute atomic E-state index is 13.5. The zero-order valence-corrected chi connectivity index (χ0v) is 19.1. The monoisotopic (exact) mass is 443 g/mol. The van der Waals surface area contributed by atoms with Gasteiger partial charge in [0, 0.05) is 25.0 Å². The molecule has 2 aromatic rings. The van der Waals surface area contributed by atoms with Crippen LogP contribution in [-0.2, 0) is 10.0 Å². The van der Waals surface area contributed by atoms with Gasteiger partial charge in [0.15, 0.2) is 0 Å². The predicted molar refractivity (Wildman–Crippen MR) is 119 cm³/mol. The van der Waals surface area contributed by atoms with Crippen molar-refractivity contribution in [2.45, 2.75) is 30.9 Å². The normalized spacial score (nSPS) is 22.0. The van der Waals surface area contributed by atoms with Crippen molar-refractivity contribution in [2.75, 3.05) is 33.8 Å². The number of benzene rings is 2. The molecule has 0 bridgehead atoms. The van der Waals surface area contributed by atoms with Gasteiger partial charge in [0.1, 0.15) is 16.7 Å². The number of sulfonamides is 1. The van der Waals surface area contributed by atoms with Crippen LogP contribution in [0.5, 0.6) is 5.75 Å². The number of aliphatic hydroxyl groups is 1. The Morgan fingerprint density at radius 1 is 1.26 bits per heavy atom. The fourth-order valence-electron chi connectivity index (χ4n) is 3.75. The molecule has 0 saturated heterocycles. The van der Waals surface area contributed by atoms with E-state index in [1.807, 2.05) is 32.0 Å². The number of hydrogen-bond donors (Lipinski definition) is 1. The topological polar surface area (TPSA) is 93.9 Å². The molecule has 1 aliphatic rings. The van der Waals surface area contributed by atoms with Crippen molar-refractivity contribution in [3.8, 4) is 22.9 Å². The van der Waals surface area contributed by atoms with Gasteiger partial charge in [0.05, 0.1) is 18.2 Å². The van der Waals surface area contributed by atoms with Gasteiger partial charge in [-0.1, -0.05) is 25.1 Å². The van der Waals surface area contributed by atoms with Gasteiger partial charge in [-0.25, -0.2) is 8.42 Å². The Hall–Kier alpha value is -2.44. The molecular formula is C23H29N3O4S. The van der Waals surface area contributed by atoms with Crippen LogP contribution in [0.2, 0.25) is 0 Å². The summed E-state index contributed by atoms with van der Waals surface area (Å²) in [7, 11) is 0.0295. The van der Waals surface area contributed by atoms with Crippen molar-refractivity contribution in [2.24, 2.45) is 5.92 Å². The number of ether oxygens (including phenoxy) is 1. The Bertz CT molecular complexity index is 1080. The first-order chi connectivity index (χ1) is 14.7. The zero-order chi connectivity index (χ0) is 22.8. The first kappa shape index (κ1) is 23.2. The highest BCUT2D eigenvalue weighted by molar-refractivity contribution is 7.89. The molecular weight excluding hydrogens is 414 g/mol. The number of likely N-dealkylation sites (N-methyl/N-ethyl adjacent to an activating group) is 1. The molecule has 0 spiro atoms. The van der Waals surface area contributed by atoms with Crippen LogP contribution in [0, 0.1) is 17.2 Å². The number of nitriles is 1. The fraction of sp³-hybridized carbons (Fsp3) is 0.435. The van der Waals surface area contributed by atoms with Crippen LogP contribution in [0.1, 0.15) is 19.4 Å². The average Bonchev–Trinajstić information content (AvgIpc) is 2.75. The summed E-state index contributed by atoms with van der Waals surface area (Å²) in [5.74, 6) is 0.193. The van der Waals surface area contributed by atoms with Gasteiger partial charge in [-0.15, -0.1) is 0 Å². The quantitative estimate of drug-likeness (QED) is 0.763. The van der Waals surface area contributed by atoms with Crippen LogP contribution < -0.4 is 4.74 Å². The summed E-state index contributed by atoms with van der Waals surface area (Å²) in [6.07, 6.45) is -0.238. The van der Waals surface area contributed by atoms with Gasteiger partial charge in [-0.05, 0) is 56.4 Å². The molecule has 1 N–H and O–H groups in total. The van der Waals surface area contributed by atoms with Crippen molar-refractivity contribution in [3.63, 3.8) is 0 Å². The van der Waals surface area contributed by atoms with Gasteiger partial charge < -0.3 is 14.7 Å². The summed E-state index contributed by atoms with van der Waals surface area (Å²) in [5.41, 5.74) is 2.10. The molecule has 0 unspecified atom stereocenters. The second-order valence-electron chi connectivity index (χ2n) is 8.36. The van der Waals surface area contributed by atoms with E-state index in [0.29, 0.717) is 12.1 Å². The number of hydrogen-bond acceptors (Lipinski definition) is 6. The van der Waals surface area contributed by atoms with E-state index >= 15 is 0 Å². The molecule has 166 valence electrons. The molecule has 1 heterocycles. The zero-order valence-electron chi connectivity index (χ0n) is 18.3. The molecule has 0 fully saturated rings. The van der Waals surface area contributed by atoms with E-state index in [4.69, 9.17) is 4.74 Å². The molecule has 1 aliphatic heterocycles. The van der Waals surface area contributed by atoms with Crippen LogP contribution in [0.15, 0.2) is 47.4 Å². The SMILES string of the molecule is C[C@H]1CN([C@@H](C)CO)S(=O)(=O)c2ccc(-c3cccc(C#N)c3)cc2O[C@H]1CN(C)C. The molecule has 0 amide bonds. The van der Waals surface area contributed by atoms with Crippen molar-refractivity contribution < 1.29 is 18.3 Å².